The predicted molar refractivity (Wildman–Crippen MR) is 126 cm³/mol. The largest absolute Gasteiger partial charge is 0.506 e. The number of hydrogen-bond donors (Lipinski definition) is 2. The highest BCUT2D eigenvalue weighted by molar-refractivity contribution is 7.85. The molecule has 0 saturated carbocycles. The molecule has 0 radical (unpaired) electrons. The van der Waals surface area contributed by atoms with Crippen molar-refractivity contribution >= 4 is 43.3 Å². The molecule has 3 aromatic carbocycles. The summed E-state index contributed by atoms with van der Waals surface area (Å²) in [5, 5.41) is 15.0. The number of phenols is 1. The summed E-state index contributed by atoms with van der Waals surface area (Å²) < 4.78 is 37.0. The van der Waals surface area contributed by atoms with E-state index in [9.17, 15) is 13.5 Å². The van der Waals surface area contributed by atoms with Crippen molar-refractivity contribution in [1.29, 1.82) is 0 Å². The number of nitrogens with zero attached hydrogens (tertiary/aromatic N) is 1. The fourth-order valence-electron chi connectivity index (χ4n) is 4.90. The maximum absolute atomic E-state index is 10.3. The predicted octanol–water partition coefficient (Wildman–Crippen LogP) is 4.39. The summed E-state index contributed by atoms with van der Waals surface area (Å²) in [6, 6.07) is 8.40. The summed E-state index contributed by atoms with van der Waals surface area (Å²) in [5.74, 6) is 1.53. The number of hydrogen-bond acceptors (Lipinski definition) is 6. The van der Waals surface area contributed by atoms with Gasteiger partial charge in [-0.25, -0.2) is 0 Å². The first-order valence-electron chi connectivity index (χ1n) is 10.3. The average Bonchev–Trinajstić information content (AvgIpc) is 3.19. The first-order chi connectivity index (χ1) is 15.1. The number of methoxy groups -OCH3 is 2. The molecular formula is C23H26ClNO6S. The lowest BCUT2D eigenvalue weighted by Gasteiger charge is -2.33. The summed E-state index contributed by atoms with van der Waals surface area (Å²) in [6.45, 7) is 2.10. The summed E-state index contributed by atoms with van der Waals surface area (Å²) in [5.41, 5.74) is 2.70. The number of aromatic hydroxyl groups is 1. The monoisotopic (exact) mass is 479 g/mol. The van der Waals surface area contributed by atoms with Gasteiger partial charge in [-0.2, -0.15) is 8.42 Å². The Morgan fingerprint density at radius 2 is 1.56 bits per heavy atom. The van der Waals surface area contributed by atoms with Gasteiger partial charge in [-0.1, -0.05) is 11.6 Å². The molecule has 0 aliphatic carbocycles. The lowest BCUT2D eigenvalue weighted by Crippen LogP contribution is -2.35. The Hall–Kier alpha value is -2.26. The highest BCUT2D eigenvalue weighted by Gasteiger charge is 2.32. The Balaban J connectivity index is 0.000000444. The van der Waals surface area contributed by atoms with Crippen molar-refractivity contribution < 1.29 is 27.6 Å². The van der Waals surface area contributed by atoms with Gasteiger partial charge in [0.2, 0.25) is 0 Å². The molecule has 3 aromatic rings. The number of benzene rings is 3. The molecule has 0 aromatic heterocycles. The van der Waals surface area contributed by atoms with E-state index in [1.54, 1.807) is 20.3 Å². The van der Waals surface area contributed by atoms with Crippen LogP contribution in [-0.2, 0) is 23.1 Å². The molecule has 1 fully saturated rings. The van der Waals surface area contributed by atoms with Crippen molar-refractivity contribution in [2.24, 2.45) is 0 Å². The van der Waals surface area contributed by atoms with Crippen LogP contribution in [-0.4, -0.2) is 56.0 Å². The van der Waals surface area contributed by atoms with E-state index in [4.69, 9.17) is 25.6 Å². The molecule has 172 valence electrons. The van der Waals surface area contributed by atoms with Crippen LogP contribution in [0.1, 0.15) is 24.0 Å². The van der Waals surface area contributed by atoms with Crippen LogP contribution in [0, 0.1) is 0 Å². The highest BCUT2D eigenvalue weighted by Crippen LogP contribution is 2.45. The van der Waals surface area contributed by atoms with E-state index in [0.29, 0.717) is 23.1 Å². The van der Waals surface area contributed by atoms with Gasteiger partial charge in [0.15, 0.2) is 11.5 Å². The molecule has 2 aliphatic heterocycles. The minimum atomic E-state index is -3.67. The zero-order chi connectivity index (χ0) is 23.2. The molecule has 0 bridgehead atoms. The smallest absolute Gasteiger partial charge is 0.261 e. The van der Waals surface area contributed by atoms with Gasteiger partial charge in [-0.15, -0.1) is 0 Å². The molecule has 2 N–H and O–H groups in total. The van der Waals surface area contributed by atoms with Gasteiger partial charge in [0.05, 0.1) is 25.5 Å². The number of halogens is 1. The number of rotatable bonds is 2. The number of ether oxygens (including phenoxy) is 2. The molecule has 9 heteroatoms. The lowest BCUT2D eigenvalue weighted by molar-refractivity contribution is 0.229. The summed E-state index contributed by atoms with van der Waals surface area (Å²) in [7, 11) is -0.354. The zero-order valence-electron chi connectivity index (χ0n) is 18.2. The Morgan fingerprint density at radius 1 is 1.00 bits per heavy atom. The standard InChI is InChI=1S/C22H22ClNO3.CH4O3S/c1-26-21-9-16-15-8-20(25)19(23)7-14(15)13-6-12-4-3-5-24(12)11-18(13)17(16)10-22(21)27-2;1-5(2,3)4/h7-10,12,25H,3-6,11H2,1-2H3;1H3,(H,2,3,4)/t12-;/m0./s1. The molecule has 1 saturated heterocycles. The second-order valence-electron chi connectivity index (χ2n) is 8.26. The van der Waals surface area contributed by atoms with Gasteiger partial charge >= 0.3 is 0 Å². The Kier molecular flexibility index (Phi) is 6.15. The molecule has 2 heterocycles. The summed E-state index contributed by atoms with van der Waals surface area (Å²) in [6.07, 6.45) is 4.24. The van der Waals surface area contributed by atoms with E-state index < -0.39 is 10.1 Å². The quantitative estimate of drug-likeness (QED) is 0.415. The van der Waals surface area contributed by atoms with Crippen molar-refractivity contribution in [1.82, 2.24) is 4.90 Å². The maximum Gasteiger partial charge on any atom is 0.261 e. The van der Waals surface area contributed by atoms with E-state index in [2.05, 4.69) is 11.0 Å². The Morgan fingerprint density at radius 3 is 2.19 bits per heavy atom. The normalized spacial score (nSPS) is 18.1. The first kappa shape index (κ1) is 22.9. The van der Waals surface area contributed by atoms with Gasteiger partial charge in [0.1, 0.15) is 5.75 Å². The third-order valence-electron chi connectivity index (χ3n) is 6.22. The third kappa shape index (κ3) is 4.32. The third-order valence-corrected chi connectivity index (χ3v) is 6.52. The molecule has 0 amide bonds. The second-order valence-corrected chi connectivity index (χ2v) is 10.1. The second kappa shape index (κ2) is 8.59. The molecule has 5 rings (SSSR count). The van der Waals surface area contributed by atoms with Crippen LogP contribution in [0.25, 0.3) is 21.5 Å². The van der Waals surface area contributed by atoms with Crippen LogP contribution in [0.2, 0.25) is 5.02 Å². The fraction of sp³-hybridized carbons (Fsp3) is 0.391. The maximum atomic E-state index is 10.3. The minimum absolute atomic E-state index is 0.110. The van der Waals surface area contributed by atoms with Gasteiger partial charge in [-0.05, 0) is 82.7 Å². The van der Waals surface area contributed by atoms with E-state index in [1.807, 2.05) is 12.1 Å². The topological polar surface area (TPSA) is 96.3 Å². The van der Waals surface area contributed by atoms with Crippen LogP contribution >= 0.6 is 11.6 Å². The van der Waals surface area contributed by atoms with Crippen molar-refractivity contribution in [2.75, 3.05) is 27.0 Å². The molecular weight excluding hydrogens is 454 g/mol. The van der Waals surface area contributed by atoms with Crippen molar-refractivity contribution in [2.45, 2.75) is 31.8 Å². The van der Waals surface area contributed by atoms with Crippen LogP contribution < -0.4 is 9.47 Å². The molecule has 0 unspecified atom stereocenters. The van der Waals surface area contributed by atoms with Crippen LogP contribution in [0.15, 0.2) is 24.3 Å². The molecule has 32 heavy (non-hydrogen) atoms. The molecule has 7 nitrogen and oxygen atoms in total. The first-order valence-corrected chi connectivity index (χ1v) is 12.5. The lowest BCUT2D eigenvalue weighted by atomic mass is 9.85. The van der Waals surface area contributed by atoms with Gasteiger partial charge in [-0.3, -0.25) is 9.45 Å². The van der Waals surface area contributed by atoms with E-state index in [1.165, 1.54) is 29.4 Å². The number of fused-ring (bicyclic) bond motifs is 7. The van der Waals surface area contributed by atoms with Crippen molar-refractivity contribution in [3.63, 3.8) is 0 Å². The summed E-state index contributed by atoms with van der Waals surface area (Å²) >= 11 is 6.29. The minimum Gasteiger partial charge on any atom is -0.506 e. The van der Waals surface area contributed by atoms with E-state index in [0.717, 1.165) is 41.4 Å². The van der Waals surface area contributed by atoms with Crippen LogP contribution in [0.4, 0.5) is 0 Å². The fourth-order valence-corrected chi connectivity index (χ4v) is 5.06. The van der Waals surface area contributed by atoms with Gasteiger partial charge in [0, 0.05) is 12.6 Å². The zero-order valence-corrected chi connectivity index (χ0v) is 19.8. The molecule has 0 spiro atoms. The van der Waals surface area contributed by atoms with Crippen LogP contribution in [0.3, 0.4) is 0 Å². The van der Waals surface area contributed by atoms with E-state index >= 15 is 0 Å². The van der Waals surface area contributed by atoms with Crippen molar-refractivity contribution in [3.8, 4) is 17.2 Å². The van der Waals surface area contributed by atoms with Gasteiger partial charge < -0.3 is 14.6 Å². The van der Waals surface area contributed by atoms with E-state index in [-0.39, 0.29) is 5.75 Å². The highest BCUT2D eigenvalue weighted by atomic mass is 35.5. The molecule has 1 atom stereocenters. The van der Waals surface area contributed by atoms with Crippen LogP contribution in [0.5, 0.6) is 17.2 Å². The number of phenolic OH excluding ortho intramolecular Hbond substituents is 1. The van der Waals surface area contributed by atoms with Crippen molar-refractivity contribution in [3.05, 3.63) is 40.4 Å². The average molecular weight is 480 g/mol. The van der Waals surface area contributed by atoms with Gasteiger partial charge in [0.25, 0.3) is 10.1 Å². The Labute approximate surface area is 192 Å². The molecule has 2 aliphatic rings. The summed E-state index contributed by atoms with van der Waals surface area (Å²) in [4.78, 5) is 2.59. The Bertz CT molecular complexity index is 1300. The SMILES string of the molecule is COc1cc2c3c(c4cc(Cl)c(O)cc4c2cc1OC)C[C@@H]1CCCN1C3.CS(=O)(=O)O.